The van der Waals surface area contributed by atoms with Crippen molar-refractivity contribution < 1.29 is 9.50 Å². The summed E-state index contributed by atoms with van der Waals surface area (Å²) < 4.78 is 13.1. The van der Waals surface area contributed by atoms with Crippen LogP contribution in [0.3, 0.4) is 0 Å². The van der Waals surface area contributed by atoms with Crippen molar-refractivity contribution in [3.05, 3.63) is 29.6 Å². The molecule has 1 aromatic carbocycles. The van der Waals surface area contributed by atoms with Crippen LogP contribution in [0.25, 0.3) is 0 Å². The van der Waals surface area contributed by atoms with Crippen molar-refractivity contribution in [2.45, 2.75) is 12.0 Å². The first kappa shape index (κ1) is 11.4. The summed E-state index contributed by atoms with van der Waals surface area (Å²) in [5.74, 6) is -0.244. The normalized spacial score (nSPS) is 18.0. The molecule has 1 heterocycles. The number of β-amino-alcohol motifs (C(OH)–C–C–N with tert-alkyl or cyclic N) is 1. The predicted octanol–water partition coefficient (Wildman–Crippen LogP) is 0.769. The second kappa shape index (κ2) is 4.03. The number of hydrogen-bond donors (Lipinski definition) is 2. The van der Waals surface area contributed by atoms with Crippen molar-refractivity contribution in [2.75, 3.05) is 32.1 Å². The van der Waals surface area contributed by atoms with Gasteiger partial charge in [0.15, 0.2) is 0 Å². The van der Waals surface area contributed by atoms with Gasteiger partial charge in [0.2, 0.25) is 0 Å². The minimum atomic E-state index is -0.664. The highest BCUT2D eigenvalue weighted by Crippen LogP contribution is 2.26. The minimum absolute atomic E-state index is 0.244. The molecule has 2 rings (SSSR count). The third-order valence-electron chi connectivity index (χ3n) is 2.96. The summed E-state index contributed by atoms with van der Waals surface area (Å²) in [6, 6.07) is 4.70. The number of benzene rings is 1. The Morgan fingerprint density at radius 1 is 1.44 bits per heavy atom. The van der Waals surface area contributed by atoms with Gasteiger partial charge in [0, 0.05) is 39.3 Å². The molecule has 0 spiro atoms. The van der Waals surface area contributed by atoms with E-state index in [1.807, 2.05) is 19.0 Å². The molecule has 0 aliphatic carbocycles. The van der Waals surface area contributed by atoms with Crippen molar-refractivity contribution in [3.8, 4) is 0 Å². The first-order valence-electron chi connectivity index (χ1n) is 5.39. The van der Waals surface area contributed by atoms with Crippen molar-refractivity contribution in [2.24, 2.45) is 0 Å². The summed E-state index contributed by atoms with van der Waals surface area (Å²) >= 11 is 0. The Labute approximate surface area is 94.9 Å². The average molecular weight is 224 g/mol. The van der Waals surface area contributed by atoms with Crippen LogP contribution in [0.1, 0.15) is 5.56 Å². The van der Waals surface area contributed by atoms with Gasteiger partial charge in [-0.05, 0) is 17.7 Å². The number of aliphatic hydroxyl groups is 1. The van der Waals surface area contributed by atoms with Gasteiger partial charge >= 0.3 is 0 Å². The molecule has 88 valence electrons. The van der Waals surface area contributed by atoms with Gasteiger partial charge in [-0.1, -0.05) is 6.07 Å². The summed E-state index contributed by atoms with van der Waals surface area (Å²) in [6.07, 6.45) is 0.563. The van der Waals surface area contributed by atoms with E-state index < -0.39 is 5.60 Å². The molecule has 3 nitrogen and oxygen atoms in total. The molecule has 0 radical (unpaired) electrons. The van der Waals surface area contributed by atoms with Crippen LogP contribution in [-0.2, 0) is 6.42 Å². The van der Waals surface area contributed by atoms with Crippen LogP contribution in [0.5, 0.6) is 0 Å². The number of anilines is 1. The van der Waals surface area contributed by atoms with Crippen LogP contribution < -0.4 is 10.2 Å². The van der Waals surface area contributed by atoms with Gasteiger partial charge in [-0.2, -0.15) is 0 Å². The zero-order chi connectivity index (χ0) is 11.8. The van der Waals surface area contributed by atoms with Crippen LogP contribution in [0.2, 0.25) is 0 Å². The molecule has 0 aromatic heterocycles. The fourth-order valence-corrected chi connectivity index (χ4v) is 2.00. The Kier molecular flexibility index (Phi) is 2.86. The summed E-state index contributed by atoms with van der Waals surface area (Å²) in [5, 5.41) is 13.1. The van der Waals surface area contributed by atoms with E-state index in [1.165, 1.54) is 12.1 Å². The largest absolute Gasteiger partial charge is 0.387 e. The Morgan fingerprint density at radius 2 is 2.12 bits per heavy atom. The highest BCUT2D eigenvalue weighted by atomic mass is 19.1. The van der Waals surface area contributed by atoms with E-state index in [1.54, 1.807) is 6.07 Å². The van der Waals surface area contributed by atoms with E-state index in [2.05, 4.69) is 5.32 Å². The number of nitrogens with zero attached hydrogens (tertiary/aromatic N) is 1. The Bertz CT molecular complexity index is 389. The van der Waals surface area contributed by atoms with Crippen molar-refractivity contribution in [3.63, 3.8) is 0 Å². The zero-order valence-electron chi connectivity index (χ0n) is 9.63. The predicted molar refractivity (Wildman–Crippen MR) is 62.3 cm³/mol. The van der Waals surface area contributed by atoms with E-state index in [9.17, 15) is 9.50 Å². The average Bonchev–Trinajstić information content (AvgIpc) is 2.18. The second-order valence-corrected chi connectivity index (χ2v) is 4.67. The fourth-order valence-electron chi connectivity index (χ4n) is 2.00. The third-order valence-corrected chi connectivity index (χ3v) is 2.96. The maximum absolute atomic E-state index is 13.1. The van der Waals surface area contributed by atoms with Gasteiger partial charge in [0.25, 0.3) is 0 Å². The summed E-state index contributed by atoms with van der Waals surface area (Å²) in [4.78, 5) is 1.87. The number of rotatable bonds is 3. The quantitative estimate of drug-likeness (QED) is 0.796. The zero-order valence-corrected chi connectivity index (χ0v) is 9.63. The highest BCUT2D eigenvalue weighted by Gasteiger charge is 2.34. The molecule has 0 unspecified atom stereocenters. The number of halogens is 1. The van der Waals surface area contributed by atoms with Gasteiger partial charge in [-0.15, -0.1) is 0 Å². The van der Waals surface area contributed by atoms with Crippen LogP contribution in [0.15, 0.2) is 18.2 Å². The molecule has 1 aliphatic heterocycles. The van der Waals surface area contributed by atoms with Crippen molar-refractivity contribution in [1.29, 1.82) is 0 Å². The molecule has 0 amide bonds. The molecule has 0 bridgehead atoms. The van der Waals surface area contributed by atoms with Crippen molar-refractivity contribution in [1.82, 2.24) is 5.32 Å². The topological polar surface area (TPSA) is 35.5 Å². The maximum atomic E-state index is 13.1. The third kappa shape index (κ3) is 2.18. The van der Waals surface area contributed by atoms with Crippen LogP contribution >= 0.6 is 0 Å². The van der Waals surface area contributed by atoms with Gasteiger partial charge in [0.05, 0.1) is 5.60 Å². The molecule has 2 N–H and O–H groups in total. The molecule has 0 atom stereocenters. The van der Waals surface area contributed by atoms with Crippen LogP contribution in [0, 0.1) is 5.82 Å². The lowest BCUT2D eigenvalue weighted by Gasteiger charge is -2.38. The van der Waals surface area contributed by atoms with E-state index in [0.29, 0.717) is 19.5 Å². The van der Waals surface area contributed by atoms with Gasteiger partial charge in [0.1, 0.15) is 5.82 Å². The summed E-state index contributed by atoms with van der Waals surface area (Å²) in [6.45, 7) is 1.22. The van der Waals surface area contributed by atoms with E-state index >= 15 is 0 Å². The molecule has 1 saturated heterocycles. The van der Waals surface area contributed by atoms with E-state index in [0.717, 1.165) is 11.3 Å². The van der Waals surface area contributed by atoms with Crippen LogP contribution in [0.4, 0.5) is 10.1 Å². The Morgan fingerprint density at radius 3 is 2.62 bits per heavy atom. The summed E-state index contributed by atoms with van der Waals surface area (Å²) in [5.41, 5.74) is 1.15. The standard InChI is InChI=1S/C12H17FN2O/c1-15(2)11-5-10(13)4-3-9(11)6-12(16)7-14-8-12/h3-5,14,16H,6-8H2,1-2H3. The molecule has 16 heavy (non-hydrogen) atoms. The minimum Gasteiger partial charge on any atom is -0.387 e. The lowest BCUT2D eigenvalue weighted by Crippen LogP contribution is -2.60. The SMILES string of the molecule is CN(C)c1cc(F)ccc1CC1(O)CNC1. The van der Waals surface area contributed by atoms with Crippen molar-refractivity contribution >= 4 is 5.69 Å². The van der Waals surface area contributed by atoms with E-state index in [-0.39, 0.29) is 5.82 Å². The Balaban J connectivity index is 2.25. The smallest absolute Gasteiger partial charge is 0.125 e. The highest BCUT2D eigenvalue weighted by molar-refractivity contribution is 5.53. The molecule has 1 aromatic rings. The molecular formula is C12H17FN2O. The van der Waals surface area contributed by atoms with Gasteiger partial charge in [-0.25, -0.2) is 4.39 Å². The molecule has 0 saturated carbocycles. The first-order chi connectivity index (χ1) is 7.50. The van der Waals surface area contributed by atoms with E-state index in [4.69, 9.17) is 0 Å². The summed E-state index contributed by atoms with van der Waals surface area (Å²) in [7, 11) is 3.75. The monoisotopic (exact) mass is 224 g/mol. The molecular weight excluding hydrogens is 207 g/mol. The fraction of sp³-hybridized carbons (Fsp3) is 0.500. The van der Waals surface area contributed by atoms with Crippen LogP contribution in [-0.4, -0.2) is 37.9 Å². The Hall–Kier alpha value is -1.13. The second-order valence-electron chi connectivity index (χ2n) is 4.67. The first-order valence-corrected chi connectivity index (χ1v) is 5.39. The lowest BCUT2D eigenvalue weighted by atomic mass is 9.88. The number of hydrogen-bond acceptors (Lipinski definition) is 3. The molecule has 1 aliphatic rings. The maximum Gasteiger partial charge on any atom is 0.125 e. The lowest BCUT2D eigenvalue weighted by molar-refractivity contribution is -0.00894. The molecule has 4 heteroatoms. The molecule has 1 fully saturated rings. The van der Waals surface area contributed by atoms with Gasteiger partial charge < -0.3 is 15.3 Å². The number of nitrogens with one attached hydrogen (secondary N) is 1. The van der Waals surface area contributed by atoms with Gasteiger partial charge in [-0.3, -0.25) is 0 Å².